The van der Waals surface area contributed by atoms with Gasteiger partial charge in [0.2, 0.25) is 0 Å². The zero-order chi connectivity index (χ0) is 16.9. The highest BCUT2D eigenvalue weighted by molar-refractivity contribution is 7.10. The first-order valence-electron chi connectivity index (χ1n) is 7.59. The lowest BCUT2D eigenvalue weighted by Gasteiger charge is -2.16. The molecule has 0 saturated heterocycles. The van der Waals surface area contributed by atoms with E-state index in [0.717, 1.165) is 24.8 Å². The van der Waals surface area contributed by atoms with Crippen molar-refractivity contribution >= 4 is 23.1 Å². The fraction of sp³-hybridized carbons (Fsp3) is 0.529. The number of amidine groups is 1. The number of carbonyl (C=O) groups excluding carboxylic acids is 1. The van der Waals surface area contributed by atoms with Gasteiger partial charge in [0.1, 0.15) is 11.6 Å². The van der Waals surface area contributed by atoms with E-state index in [0.29, 0.717) is 5.56 Å². The highest BCUT2D eigenvalue weighted by Crippen LogP contribution is 2.26. The van der Waals surface area contributed by atoms with Crippen molar-refractivity contribution < 1.29 is 9.90 Å². The molecule has 0 atom stereocenters. The lowest BCUT2D eigenvalue weighted by Crippen LogP contribution is -2.17. The van der Waals surface area contributed by atoms with Crippen molar-refractivity contribution in [3.05, 3.63) is 33.2 Å². The smallest absolute Gasteiger partial charge is 0.280 e. The SMILES string of the molecule is CCCc1c(C(=O)N=C(N)/C=C(\O)C(C)(C)C)csc1CC. The molecule has 0 radical (unpaired) electrons. The van der Waals surface area contributed by atoms with Gasteiger partial charge in [-0.2, -0.15) is 4.99 Å². The van der Waals surface area contributed by atoms with E-state index in [1.807, 2.05) is 26.2 Å². The standard InChI is InChI=1S/C17H26N2O2S/c1-6-8-11-12(10-22-13(11)7-2)16(21)19-15(18)9-14(20)17(3,4)5/h9-10,20H,6-8H2,1-5H3,(H2,18,19,21)/b14-9-. The number of carbonyl (C=O) groups is 1. The molecule has 1 rings (SSSR count). The van der Waals surface area contributed by atoms with Crippen molar-refractivity contribution in [3.63, 3.8) is 0 Å². The van der Waals surface area contributed by atoms with E-state index < -0.39 is 5.41 Å². The summed E-state index contributed by atoms with van der Waals surface area (Å²) in [6, 6.07) is 0. The summed E-state index contributed by atoms with van der Waals surface area (Å²) in [5, 5.41) is 11.8. The van der Waals surface area contributed by atoms with Gasteiger partial charge >= 0.3 is 0 Å². The molecule has 0 unspecified atom stereocenters. The molecular formula is C17H26N2O2S. The molecule has 22 heavy (non-hydrogen) atoms. The van der Waals surface area contributed by atoms with Gasteiger partial charge in [-0.05, 0) is 18.4 Å². The summed E-state index contributed by atoms with van der Waals surface area (Å²) in [6.45, 7) is 9.76. The predicted octanol–water partition coefficient (Wildman–Crippen LogP) is 4.25. The Morgan fingerprint density at radius 1 is 1.41 bits per heavy atom. The molecule has 5 heteroatoms. The van der Waals surface area contributed by atoms with Crippen LogP contribution in [0.3, 0.4) is 0 Å². The van der Waals surface area contributed by atoms with Crippen molar-refractivity contribution in [1.82, 2.24) is 0 Å². The summed E-state index contributed by atoms with van der Waals surface area (Å²) < 4.78 is 0. The minimum absolute atomic E-state index is 0.0316. The molecule has 3 N–H and O–H groups in total. The van der Waals surface area contributed by atoms with Crippen LogP contribution in [0, 0.1) is 5.41 Å². The minimum atomic E-state index is -0.422. The fourth-order valence-electron chi connectivity index (χ4n) is 1.99. The monoisotopic (exact) mass is 322 g/mol. The van der Waals surface area contributed by atoms with Gasteiger partial charge < -0.3 is 10.8 Å². The minimum Gasteiger partial charge on any atom is -0.512 e. The van der Waals surface area contributed by atoms with Crippen LogP contribution >= 0.6 is 11.3 Å². The number of aryl methyl sites for hydroxylation is 1. The molecule has 0 fully saturated rings. The van der Waals surface area contributed by atoms with Crippen LogP contribution in [0.15, 0.2) is 22.2 Å². The lowest BCUT2D eigenvalue weighted by molar-refractivity contribution is 0.100. The molecule has 0 saturated carbocycles. The summed E-state index contributed by atoms with van der Waals surface area (Å²) in [6.07, 6.45) is 4.11. The molecule has 0 bridgehead atoms. The van der Waals surface area contributed by atoms with E-state index >= 15 is 0 Å². The number of rotatable bonds is 5. The number of nitrogens with zero attached hydrogens (tertiary/aromatic N) is 1. The molecular weight excluding hydrogens is 296 g/mol. The Morgan fingerprint density at radius 2 is 2.05 bits per heavy atom. The van der Waals surface area contributed by atoms with Gasteiger partial charge in [-0.15, -0.1) is 11.3 Å². The van der Waals surface area contributed by atoms with Gasteiger partial charge in [0.15, 0.2) is 0 Å². The third-order valence-electron chi connectivity index (χ3n) is 3.32. The van der Waals surface area contributed by atoms with Crippen LogP contribution in [0.1, 0.15) is 61.8 Å². The van der Waals surface area contributed by atoms with Gasteiger partial charge in [-0.3, -0.25) is 4.79 Å². The molecule has 0 spiro atoms. The Balaban J connectivity index is 3.07. The first-order chi connectivity index (χ1) is 10.2. The number of aliphatic imine (C=N–C) groups is 1. The molecule has 1 aromatic heterocycles. The summed E-state index contributed by atoms with van der Waals surface area (Å²) in [5.41, 5.74) is 7.07. The Hall–Kier alpha value is -1.62. The van der Waals surface area contributed by atoms with Crippen LogP contribution in [0.5, 0.6) is 0 Å². The van der Waals surface area contributed by atoms with Crippen LogP contribution < -0.4 is 5.73 Å². The summed E-state index contributed by atoms with van der Waals surface area (Å²) in [5.74, 6) is -0.200. The van der Waals surface area contributed by atoms with Crippen LogP contribution in [0.25, 0.3) is 0 Å². The van der Waals surface area contributed by atoms with Gasteiger partial charge in [0, 0.05) is 21.7 Å². The third kappa shape index (κ3) is 4.70. The zero-order valence-electron chi connectivity index (χ0n) is 14.1. The average molecular weight is 322 g/mol. The maximum Gasteiger partial charge on any atom is 0.280 e. The number of nitrogens with two attached hydrogens (primary N) is 1. The number of thiophene rings is 1. The molecule has 0 aliphatic carbocycles. The van der Waals surface area contributed by atoms with Crippen molar-refractivity contribution in [2.45, 2.75) is 53.9 Å². The number of aliphatic hydroxyl groups is 1. The Bertz CT molecular complexity index is 592. The Kier molecular flexibility index (Phi) is 6.35. The fourth-order valence-corrected chi connectivity index (χ4v) is 3.01. The quantitative estimate of drug-likeness (QED) is 0.483. The van der Waals surface area contributed by atoms with Crippen molar-refractivity contribution in [2.24, 2.45) is 16.1 Å². The maximum atomic E-state index is 12.3. The number of hydrogen-bond donors (Lipinski definition) is 2. The predicted molar refractivity (Wildman–Crippen MR) is 93.8 cm³/mol. The summed E-state index contributed by atoms with van der Waals surface area (Å²) >= 11 is 1.59. The van der Waals surface area contributed by atoms with Gasteiger partial charge in [0.05, 0.1) is 5.56 Å². The van der Waals surface area contributed by atoms with E-state index in [1.54, 1.807) is 11.3 Å². The second kappa shape index (κ2) is 7.58. The Labute approximate surface area is 136 Å². The molecule has 1 heterocycles. The molecule has 4 nitrogen and oxygen atoms in total. The zero-order valence-corrected chi connectivity index (χ0v) is 14.9. The first-order valence-corrected chi connectivity index (χ1v) is 8.47. The van der Waals surface area contributed by atoms with E-state index in [1.165, 1.54) is 11.0 Å². The third-order valence-corrected chi connectivity index (χ3v) is 4.49. The highest BCUT2D eigenvalue weighted by atomic mass is 32.1. The van der Waals surface area contributed by atoms with Crippen LogP contribution in [-0.2, 0) is 12.8 Å². The Morgan fingerprint density at radius 3 is 2.55 bits per heavy atom. The van der Waals surface area contributed by atoms with Gasteiger partial charge in [0.25, 0.3) is 5.91 Å². The van der Waals surface area contributed by atoms with Crippen molar-refractivity contribution in [2.75, 3.05) is 0 Å². The normalized spacial score (nSPS) is 13.5. The molecule has 0 aromatic carbocycles. The molecule has 0 aliphatic heterocycles. The molecule has 122 valence electrons. The lowest BCUT2D eigenvalue weighted by atomic mass is 9.93. The van der Waals surface area contributed by atoms with E-state index in [4.69, 9.17) is 5.73 Å². The van der Waals surface area contributed by atoms with Crippen LogP contribution in [0.2, 0.25) is 0 Å². The second-order valence-corrected chi connectivity index (χ2v) is 7.24. The summed E-state index contributed by atoms with van der Waals surface area (Å²) in [4.78, 5) is 17.5. The largest absolute Gasteiger partial charge is 0.512 e. The van der Waals surface area contributed by atoms with Gasteiger partial charge in [-0.25, -0.2) is 0 Å². The van der Waals surface area contributed by atoms with E-state index in [9.17, 15) is 9.90 Å². The van der Waals surface area contributed by atoms with Crippen molar-refractivity contribution in [1.29, 1.82) is 0 Å². The second-order valence-electron chi connectivity index (χ2n) is 6.28. The topological polar surface area (TPSA) is 75.7 Å². The van der Waals surface area contributed by atoms with Crippen LogP contribution in [0.4, 0.5) is 0 Å². The number of hydrogen-bond acceptors (Lipinski definition) is 3. The number of amides is 1. The van der Waals surface area contributed by atoms with Crippen LogP contribution in [-0.4, -0.2) is 16.8 Å². The molecule has 1 amide bonds. The van der Waals surface area contributed by atoms with Crippen molar-refractivity contribution in [3.8, 4) is 0 Å². The number of allylic oxidation sites excluding steroid dienone is 1. The van der Waals surface area contributed by atoms with Gasteiger partial charge in [-0.1, -0.05) is 41.0 Å². The molecule has 1 aromatic rings. The maximum absolute atomic E-state index is 12.3. The average Bonchev–Trinajstić information content (AvgIpc) is 2.80. The highest BCUT2D eigenvalue weighted by Gasteiger charge is 2.18. The number of aliphatic hydroxyl groups excluding tert-OH is 1. The summed E-state index contributed by atoms with van der Waals surface area (Å²) in [7, 11) is 0. The molecule has 0 aliphatic rings. The van der Waals surface area contributed by atoms with E-state index in [-0.39, 0.29) is 17.5 Å². The first kappa shape index (κ1) is 18.4. The van der Waals surface area contributed by atoms with E-state index in [2.05, 4.69) is 18.8 Å².